The highest BCUT2D eigenvalue weighted by Crippen LogP contribution is 2.10. The van der Waals surface area contributed by atoms with Crippen molar-refractivity contribution in [3.8, 4) is 0 Å². The maximum Gasteiger partial charge on any atom is 0.158 e. The number of hydrogen-bond donors (Lipinski definition) is 0. The van der Waals surface area contributed by atoms with Crippen molar-refractivity contribution in [1.29, 1.82) is 0 Å². The van der Waals surface area contributed by atoms with Crippen LogP contribution in [0.15, 0.2) is 30.3 Å². The number of nitrogens with zero attached hydrogens (tertiary/aromatic N) is 1. The molecular weight excluding hydrogens is 214 g/mol. The first kappa shape index (κ1) is 12.6. The Balaban J connectivity index is 1.68. The molecular formula is C14H21NO2. The van der Waals surface area contributed by atoms with Crippen LogP contribution in [0.5, 0.6) is 0 Å². The first-order valence-electron chi connectivity index (χ1n) is 6.30. The van der Waals surface area contributed by atoms with Gasteiger partial charge in [0.15, 0.2) is 6.29 Å². The zero-order chi connectivity index (χ0) is 11.9. The second kappa shape index (κ2) is 6.74. The van der Waals surface area contributed by atoms with Crippen LogP contribution in [0.25, 0.3) is 0 Å². The maximum atomic E-state index is 5.53. The number of ether oxygens (including phenoxy) is 2. The van der Waals surface area contributed by atoms with E-state index >= 15 is 0 Å². The van der Waals surface area contributed by atoms with Crippen molar-refractivity contribution in [3.05, 3.63) is 35.9 Å². The smallest absolute Gasteiger partial charge is 0.158 e. The fourth-order valence-corrected chi connectivity index (χ4v) is 2.00. The lowest BCUT2D eigenvalue weighted by molar-refractivity contribution is -0.182. The van der Waals surface area contributed by atoms with E-state index in [1.165, 1.54) is 5.56 Å². The Morgan fingerprint density at radius 3 is 2.59 bits per heavy atom. The van der Waals surface area contributed by atoms with E-state index in [4.69, 9.17) is 9.47 Å². The monoisotopic (exact) mass is 235 g/mol. The van der Waals surface area contributed by atoms with Crippen LogP contribution in [0.1, 0.15) is 18.4 Å². The average molecular weight is 235 g/mol. The molecule has 3 heteroatoms. The van der Waals surface area contributed by atoms with E-state index in [1.54, 1.807) is 0 Å². The van der Waals surface area contributed by atoms with Crippen molar-refractivity contribution in [3.63, 3.8) is 0 Å². The van der Waals surface area contributed by atoms with E-state index in [0.717, 1.165) is 39.1 Å². The van der Waals surface area contributed by atoms with Gasteiger partial charge in [-0.3, -0.25) is 0 Å². The summed E-state index contributed by atoms with van der Waals surface area (Å²) in [5.74, 6) is 0. The van der Waals surface area contributed by atoms with Crippen molar-refractivity contribution in [2.45, 2.75) is 25.7 Å². The molecule has 0 saturated carbocycles. The maximum absolute atomic E-state index is 5.53. The van der Waals surface area contributed by atoms with Crippen molar-refractivity contribution in [2.75, 3.05) is 26.8 Å². The van der Waals surface area contributed by atoms with Crippen LogP contribution >= 0.6 is 0 Å². The predicted molar refractivity (Wildman–Crippen MR) is 67.7 cm³/mol. The lowest BCUT2D eigenvalue weighted by atomic mass is 10.2. The first-order chi connectivity index (χ1) is 8.34. The second-order valence-electron chi connectivity index (χ2n) is 4.54. The van der Waals surface area contributed by atoms with Gasteiger partial charge >= 0.3 is 0 Å². The van der Waals surface area contributed by atoms with E-state index in [1.807, 2.05) is 6.07 Å². The number of hydrogen-bond acceptors (Lipinski definition) is 3. The molecule has 0 bridgehead atoms. The Morgan fingerprint density at radius 1 is 1.18 bits per heavy atom. The van der Waals surface area contributed by atoms with Gasteiger partial charge in [0.05, 0.1) is 13.2 Å². The van der Waals surface area contributed by atoms with Crippen LogP contribution in [0.2, 0.25) is 0 Å². The Kier molecular flexibility index (Phi) is 4.98. The molecule has 0 aromatic heterocycles. The summed E-state index contributed by atoms with van der Waals surface area (Å²) in [7, 11) is 2.13. The standard InChI is InChI=1S/C14H21NO2/c1-15(12-13-6-3-2-4-7-13)9-8-14-16-10-5-11-17-14/h2-4,6-7,14H,5,8-12H2,1H3. The summed E-state index contributed by atoms with van der Waals surface area (Å²) in [6, 6.07) is 10.5. The summed E-state index contributed by atoms with van der Waals surface area (Å²) in [5.41, 5.74) is 1.35. The molecule has 0 radical (unpaired) electrons. The molecule has 1 aliphatic rings. The lowest BCUT2D eigenvalue weighted by Crippen LogP contribution is -2.29. The van der Waals surface area contributed by atoms with Gasteiger partial charge in [0, 0.05) is 19.5 Å². The summed E-state index contributed by atoms with van der Waals surface area (Å²) in [4.78, 5) is 2.30. The summed E-state index contributed by atoms with van der Waals surface area (Å²) < 4.78 is 11.1. The summed E-state index contributed by atoms with van der Waals surface area (Å²) in [6.07, 6.45) is 1.97. The topological polar surface area (TPSA) is 21.7 Å². The third-order valence-corrected chi connectivity index (χ3v) is 2.94. The molecule has 1 aliphatic heterocycles. The van der Waals surface area contributed by atoms with Gasteiger partial charge < -0.3 is 14.4 Å². The van der Waals surface area contributed by atoms with E-state index in [9.17, 15) is 0 Å². The fourth-order valence-electron chi connectivity index (χ4n) is 2.00. The lowest BCUT2D eigenvalue weighted by Gasteiger charge is -2.25. The van der Waals surface area contributed by atoms with Crippen LogP contribution in [-0.4, -0.2) is 38.0 Å². The first-order valence-corrected chi connectivity index (χ1v) is 6.30. The Labute approximate surface area is 103 Å². The summed E-state index contributed by atoms with van der Waals surface area (Å²) in [6.45, 7) is 3.66. The normalized spacial score (nSPS) is 17.5. The van der Waals surface area contributed by atoms with Crippen LogP contribution < -0.4 is 0 Å². The Morgan fingerprint density at radius 2 is 1.88 bits per heavy atom. The SMILES string of the molecule is CN(CCC1OCCCO1)Cc1ccccc1. The van der Waals surface area contributed by atoms with Gasteiger partial charge in [0.25, 0.3) is 0 Å². The molecule has 0 amide bonds. The van der Waals surface area contributed by atoms with Gasteiger partial charge in [-0.15, -0.1) is 0 Å². The molecule has 2 rings (SSSR count). The molecule has 0 unspecified atom stereocenters. The minimum absolute atomic E-state index is 0.00183. The van der Waals surface area contributed by atoms with Crippen LogP contribution in [-0.2, 0) is 16.0 Å². The van der Waals surface area contributed by atoms with Crippen LogP contribution in [0.4, 0.5) is 0 Å². The van der Waals surface area contributed by atoms with Gasteiger partial charge in [-0.05, 0) is 19.0 Å². The van der Waals surface area contributed by atoms with Crippen LogP contribution in [0.3, 0.4) is 0 Å². The molecule has 17 heavy (non-hydrogen) atoms. The molecule has 0 atom stereocenters. The molecule has 1 fully saturated rings. The van der Waals surface area contributed by atoms with E-state index in [2.05, 4.69) is 36.2 Å². The van der Waals surface area contributed by atoms with E-state index in [-0.39, 0.29) is 6.29 Å². The Bertz CT molecular complexity index is 309. The molecule has 1 saturated heterocycles. The van der Waals surface area contributed by atoms with Crippen molar-refractivity contribution in [2.24, 2.45) is 0 Å². The molecule has 3 nitrogen and oxygen atoms in total. The average Bonchev–Trinajstić information content (AvgIpc) is 2.39. The van der Waals surface area contributed by atoms with Gasteiger partial charge in [0.1, 0.15) is 0 Å². The van der Waals surface area contributed by atoms with Gasteiger partial charge in [-0.25, -0.2) is 0 Å². The Hall–Kier alpha value is -0.900. The quantitative estimate of drug-likeness (QED) is 0.781. The van der Waals surface area contributed by atoms with E-state index in [0.29, 0.717) is 0 Å². The van der Waals surface area contributed by atoms with E-state index < -0.39 is 0 Å². The molecule has 1 heterocycles. The highest BCUT2D eigenvalue weighted by atomic mass is 16.7. The summed E-state index contributed by atoms with van der Waals surface area (Å²) >= 11 is 0. The molecule has 1 aromatic rings. The van der Waals surface area contributed by atoms with Gasteiger partial charge in [-0.2, -0.15) is 0 Å². The van der Waals surface area contributed by atoms with Crippen molar-refractivity contribution < 1.29 is 9.47 Å². The largest absolute Gasteiger partial charge is 0.353 e. The molecule has 0 aliphatic carbocycles. The third kappa shape index (κ3) is 4.46. The fraction of sp³-hybridized carbons (Fsp3) is 0.571. The van der Waals surface area contributed by atoms with Crippen molar-refractivity contribution >= 4 is 0 Å². The minimum Gasteiger partial charge on any atom is -0.353 e. The van der Waals surface area contributed by atoms with Crippen molar-refractivity contribution in [1.82, 2.24) is 4.90 Å². The third-order valence-electron chi connectivity index (χ3n) is 2.94. The van der Waals surface area contributed by atoms with Crippen LogP contribution in [0, 0.1) is 0 Å². The number of rotatable bonds is 5. The molecule has 0 spiro atoms. The molecule has 1 aromatic carbocycles. The highest BCUT2D eigenvalue weighted by molar-refractivity contribution is 5.14. The highest BCUT2D eigenvalue weighted by Gasteiger charge is 2.14. The number of benzene rings is 1. The second-order valence-corrected chi connectivity index (χ2v) is 4.54. The van der Waals surface area contributed by atoms with Gasteiger partial charge in [0.2, 0.25) is 0 Å². The molecule has 94 valence electrons. The zero-order valence-electron chi connectivity index (χ0n) is 10.5. The predicted octanol–water partition coefficient (Wildman–Crippen LogP) is 2.27. The minimum atomic E-state index is 0.00183. The van der Waals surface area contributed by atoms with Gasteiger partial charge in [-0.1, -0.05) is 30.3 Å². The zero-order valence-corrected chi connectivity index (χ0v) is 10.5. The summed E-state index contributed by atoms with van der Waals surface area (Å²) in [5, 5.41) is 0. The molecule has 0 N–H and O–H groups in total.